The molecule has 0 saturated carbocycles. The van der Waals surface area contributed by atoms with Crippen molar-refractivity contribution in [1.29, 1.82) is 0 Å². The van der Waals surface area contributed by atoms with E-state index in [9.17, 15) is 17.2 Å². The lowest BCUT2D eigenvalue weighted by molar-refractivity contribution is -0.298. The Bertz CT molecular complexity index is 1670. The number of ether oxygens (including phenoxy) is 3. The smallest absolute Gasteiger partial charge is 0.405 e. The molecule has 4 aromatic rings. The Hall–Kier alpha value is -3.28. The monoisotopic (exact) mass is 641 g/mol. The lowest BCUT2D eigenvalue weighted by Crippen LogP contribution is -2.43. The Kier molecular flexibility index (Phi) is 8.94. The molecule has 6 nitrogen and oxygen atoms in total. The average Bonchev–Trinajstić information content (AvgIpc) is 3.00. The number of hydrogen-bond acceptors (Lipinski definition) is 5. The van der Waals surface area contributed by atoms with Gasteiger partial charge in [0.25, 0.3) is 0 Å². The van der Waals surface area contributed by atoms with Gasteiger partial charge in [0.2, 0.25) is 0 Å². The van der Waals surface area contributed by atoms with E-state index in [0.717, 1.165) is 38.3 Å². The van der Waals surface area contributed by atoms with Gasteiger partial charge in [-0.15, -0.1) is 0 Å². The molecule has 2 atom stereocenters. The summed E-state index contributed by atoms with van der Waals surface area (Å²) in [6, 6.07) is 33.0. The zero-order chi connectivity index (χ0) is 31.8. The number of benzene rings is 4. The van der Waals surface area contributed by atoms with Crippen molar-refractivity contribution in [3.05, 3.63) is 109 Å². The molecule has 1 aliphatic rings. The van der Waals surface area contributed by atoms with Crippen LogP contribution in [-0.4, -0.2) is 37.5 Å². The number of halogens is 2. The minimum absolute atomic E-state index is 0.0466. The second-order valence-electron chi connectivity index (χ2n) is 11.7. The van der Waals surface area contributed by atoms with E-state index in [1.165, 1.54) is 12.1 Å². The summed E-state index contributed by atoms with van der Waals surface area (Å²) in [6.07, 6.45) is -2.10. The summed E-state index contributed by atoms with van der Waals surface area (Å²) in [7, 11) is -6.23. The number of hydrogen-bond donors (Lipinski definition) is 1. The lowest BCUT2D eigenvalue weighted by Gasteiger charge is -2.41. The van der Waals surface area contributed by atoms with Gasteiger partial charge in [-0.3, -0.25) is 4.55 Å². The molecule has 0 spiro atoms. The third-order valence-electron chi connectivity index (χ3n) is 7.48. The molecule has 1 fully saturated rings. The van der Waals surface area contributed by atoms with E-state index in [0.29, 0.717) is 13.2 Å². The van der Waals surface area contributed by atoms with Crippen LogP contribution >= 0.6 is 0 Å². The van der Waals surface area contributed by atoms with Gasteiger partial charge >= 0.3 is 15.4 Å². The summed E-state index contributed by atoms with van der Waals surface area (Å²) < 4.78 is 76.8. The highest BCUT2D eigenvalue weighted by Gasteiger charge is 2.51. The largest absolute Gasteiger partial charge is 0.483 e. The molecule has 10 heteroatoms. The molecule has 1 N–H and O–H groups in total. The lowest BCUT2D eigenvalue weighted by atomic mass is 9.94. The van der Waals surface area contributed by atoms with Gasteiger partial charge in [-0.2, -0.15) is 17.2 Å². The predicted molar refractivity (Wildman–Crippen MR) is 167 cm³/mol. The van der Waals surface area contributed by atoms with Crippen LogP contribution in [0.2, 0.25) is 0 Å². The first-order chi connectivity index (χ1) is 20.7. The van der Waals surface area contributed by atoms with Crippen LogP contribution in [0.15, 0.2) is 118 Å². The van der Waals surface area contributed by atoms with Crippen molar-refractivity contribution in [3.8, 4) is 16.9 Å². The normalized spacial score (nSPS) is 17.9. The predicted octanol–water partition coefficient (Wildman–Crippen LogP) is 7.94. The molecular formula is C34H35F2O6S2+. The number of rotatable bonds is 9. The first-order valence-corrected chi connectivity index (χ1v) is 16.7. The van der Waals surface area contributed by atoms with E-state index < -0.39 is 38.2 Å². The van der Waals surface area contributed by atoms with Crippen molar-refractivity contribution >= 4 is 21.0 Å². The number of alkyl halides is 2. The van der Waals surface area contributed by atoms with Crippen LogP contribution in [0.3, 0.4) is 0 Å². The first-order valence-electron chi connectivity index (χ1n) is 14.1. The van der Waals surface area contributed by atoms with Crippen molar-refractivity contribution < 1.29 is 36.0 Å². The Balaban J connectivity index is 1.46. The molecule has 232 valence electrons. The maximum absolute atomic E-state index is 14.1. The van der Waals surface area contributed by atoms with Crippen LogP contribution in [0.4, 0.5) is 8.78 Å². The molecule has 0 bridgehead atoms. The quantitative estimate of drug-likeness (QED) is 0.148. The molecule has 44 heavy (non-hydrogen) atoms. The molecule has 0 amide bonds. The molecule has 2 unspecified atom stereocenters. The van der Waals surface area contributed by atoms with Gasteiger partial charge in [0.1, 0.15) is 5.75 Å². The fourth-order valence-electron chi connectivity index (χ4n) is 4.77. The Morgan fingerprint density at radius 3 is 1.73 bits per heavy atom. The van der Waals surface area contributed by atoms with Gasteiger partial charge in [0, 0.05) is 11.0 Å². The Labute approximate surface area is 260 Å². The molecule has 0 aliphatic carbocycles. The maximum atomic E-state index is 14.1. The summed E-state index contributed by atoms with van der Waals surface area (Å²) in [5.74, 6) is -0.811. The summed E-state index contributed by atoms with van der Waals surface area (Å²) >= 11 is 0. The fourth-order valence-corrected chi connectivity index (χ4v) is 7.28. The summed E-state index contributed by atoms with van der Waals surface area (Å²) in [5.41, 5.74) is 3.02. The van der Waals surface area contributed by atoms with Crippen LogP contribution in [0.1, 0.15) is 33.3 Å². The van der Waals surface area contributed by atoms with Crippen molar-refractivity contribution in [2.75, 3.05) is 13.2 Å². The minimum Gasteiger partial charge on any atom is -0.483 e. The van der Waals surface area contributed by atoms with E-state index in [4.69, 9.17) is 18.8 Å². The zero-order valence-electron chi connectivity index (χ0n) is 24.9. The van der Waals surface area contributed by atoms with E-state index in [1.807, 2.05) is 49.4 Å². The maximum Gasteiger partial charge on any atom is 0.405 e. The van der Waals surface area contributed by atoms with Gasteiger partial charge in [-0.25, -0.2) is 0 Å². The third kappa shape index (κ3) is 6.84. The van der Waals surface area contributed by atoms with Crippen molar-refractivity contribution in [2.45, 2.75) is 59.5 Å². The van der Waals surface area contributed by atoms with E-state index in [1.54, 1.807) is 12.1 Å². The molecule has 0 aromatic heterocycles. The average molecular weight is 642 g/mol. The van der Waals surface area contributed by atoms with Gasteiger partial charge in [-0.1, -0.05) is 44.2 Å². The first kappa shape index (κ1) is 32.1. The molecule has 4 aromatic carbocycles. The van der Waals surface area contributed by atoms with Crippen molar-refractivity contribution in [1.82, 2.24) is 0 Å². The van der Waals surface area contributed by atoms with Gasteiger partial charge in [0.15, 0.2) is 26.6 Å². The van der Waals surface area contributed by atoms with Gasteiger partial charge in [-0.05, 0) is 97.8 Å². The van der Waals surface area contributed by atoms with Gasteiger partial charge in [0.05, 0.1) is 24.1 Å². The van der Waals surface area contributed by atoms with Crippen LogP contribution in [0, 0.1) is 5.41 Å². The highest BCUT2D eigenvalue weighted by atomic mass is 32.2. The highest BCUT2D eigenvalue weighted by molar-refractivity contribution is 7.97. The highest BCUT2D eigenvalue weighted by Crippen LogP contribution is 2.39. The molecule has 1 aliphatic heterocycles. The SMILES string of the molecule is CC(Oc1ccc([S+](c2ccc(-c3ccccc3)cc2)c2ccc(C3(C)OCC(C)(C)CO3)cc2)cc1)C(F)(F)S(=O)(=O)O. The Morgan fingerprint density at radius 2 is 1.23 bits per heavy atom. The minimum atomic E-state index is -5.64. The van der Waals surface area contributed by atoms with Crippen molar-refractivity contribution in [3.63, 3.8) is 0 Å². The van der Waals surface area contributed by atoms with E-state index >= 15 is 0 Å². The summed E-state index contributed by atoms with van der Waals surface area (Å²) in [6.45, 7) is 8.16. The van der Waals surface area contributed by atoms with Crippen molar-refractivity contribution in [2.24, 2.45) is 5.41 Å². The molecule has 0 radical (unpaired) electrons. The zero-order valence-corrected chi connectivity index (χ0v) is 26.5. The third-order valence-corrected chi connectivity index (χ3v) is 10.7. The fraction of sp³-hybridized carbons (Fsp3) is 0.294. The standard InChI is InChI=1S/C34H34F2O6S2/c1-24(34(35,36)44(37,38)39)42-28-14-20-31(21-15-28)43(29-16-10-26(11-17-29)25-8-6-5-7-9-25)30-18-12-27(13-19-30)33(4)40-22-32(2,3)23-41-33/h5-21,24H,22-23H2,1-4H3/p+1. The van der Waals surface area contributed by atoms with E-state index in [2.05, 4.69) is 50.2 Å². The second-order valence-corrected chi connectivity index (χ2v) is 15.2. The van der Waals surface area contributed by atoms with Crippen LogP contribution in [0.25, 0.3) is 11.1 Å². The summed E-state index contributed by atoms with van der Waals surface area (Å²) in [4.78, 5) is 2.95. The van der Waals surface area contributed by atoms with Gasteiger partial charge < -0.3 is 14.2 Å². The Morgan fingerprint density at radius 1 is 0.773 bits per heavy atom. The molecule has 5 rings (SSSR count). The van der Waals surface area contributed by atoms with Crippen LogP contribution < -0.4 is 4.74 Å². The molecule has 1 saturated heterocycles. The van der Waals surface area contributed by atoms with Crippen LogP contribution in [0.5, 0.6) is 5.75 Å². The van der Waals surface area contributed by atoms with Crippen LogP contribution in [-0.2, 0) is 36.3 Å². The molecule has 1 heterocycles. The topological polar surface area (TPSA) is 82.1 Å². The summed E-state index contributed by atoms with van der Waals surface area (Å²) in [5, 5.41) is -4.46. The van der Waals surface area contributed by atoms with E-state index in [-0.39, 0.29) is 11.2 Å². The second kappa shape index (κ2) is 12.3. The molecular weight excluding hydrogens is 606 g/mol.